The first-order chi connectivity index (χ1) is 8.57. The van der Waals surface area contributed by atoms with Crippen LogP contribution in [0.15, 0.2) is 42.6 Å². The minimum atomic E-state index is -3.37. The van der Waals surface area contributed by atoms with Gasteiger partial charge in [0, 0.05) is 6.07 Å². The van der Waals surface area contributed by atoms with Gasteiger partial charge < -0.3 is 0 Å². The molecule has 0 aliphatic carbocycles. The molecule has 0 saturated heterocycles. The Morgan fingerprint density at radius 3 is 2.61 bits per heavy atom. The minimum Gasteiger partial charge on any atom is -0.268 e. The molecule has 1 heterocycles. The molecule has 1 aromatic carbocycles. The number of rotatable bonds is 5. The number of nitrogens with one attached hydrogen (secondary N) is 2. The second-order valence-electron chi connectivity index (χ2n) is 4.17. The summed E-state index contributed by atoms with van der Waals surface area (Å²) in [5.74, 6) is 0.359. The average Bonchev–Trinajstić information content (AvgIpc) is 2.81. The molecule has 2 aromatic rings. The topological polar surface area (TPSA) is 74.8 Å². The third kappa shape index (κ3) is 3.33. The van der Waals surface area contributed by atoms with E-state index < -0.39 is 10.0 Å². The van der Waals surface area contributed by atoms with Crippen LogP contribution in [-0.4, -0.2) is 24.4 Å². The minimum absolute atomic E-state index is 0.0377. The Hall–Kier alpha value is -1.82. The van der Waals surface area contributed by atoms with Crippen LogP contribution in [0, 0.1) is 0 Å². The van der Waals surface area contributed by atoms with Gasteiger partial charge in [-0.15, -0.1) is 0 Å². The van der Waals surface area contributed by atoms with E-state index in [9.17, 15) is 8.42 Å². The van der Waals surface area contributed by atoms with Gasteiger partial charge in [-0.3, -0.25) is 9.82 Å². The SMILES string of the molecule is CC(CS(=O)(=O)Nc1ccn[nH]1)c1ccccc1. The summed E-state index contributed by atoms with van der Waals surface area (Å²) in [7, 11) is -3.37. The van der Waals surface area contributed by atoms with Crippen molar-refractivity contribution in [2.75, 3.05) is 10.5 Å². The van der Waals surface area contributed by atoms with E-state index in [0.717, 1.165) is 5.56 Å². The molecule has 0 aliphatic heterocycles. The van der Waals surface area contributed by atoms with Gasteiger partial charge in [0.25, 0.3) is 0 Å². The molecule has 0 bridgehead atoms. The first-order valence-corrected chi connectivity index (χ1v) is 7.27. The Morgan fingerprint density at radius 2 is 2.00 bits per heavy atom. The molecule has 1 aromatic heterocycles. The Balaban J connectivity index is 2.04. The predicted molar refractivity (Wildman–Crippen MR) is 70.9 cm³/mol. The molecule has 2 N–H and O–H groups in total. The van der Waals surface area contributed by atoms with Crippen LogP contribution in [0.2, 0.25) is 0 Å². The maximum Gasteiger partial charge on any atom is 0.234 e. The molecule has 0 saturated carbocycles. The summed E-state index contributed by atoms with van der Waals surface area (Å²) >= 11 is 0. The molecule has 5 nitrogen and oxygen atoms in total. The quantitative estimate of drug-likeness (QED) is 0.867. The summed E-state index contributed by atoms with van der Waals surface area (Å²) in [6, 6.07) is 11.1. The average molecular weight is 265 g/mol. The lowest BCUT2D eigenvalue weighted by atomic mass is 10.0. The Labute approximate surface area is 106 Å². The number of H-pyrrole nitrogens is 1. The third-order valence-electron chi connectivity index (χ3n) is 2.60. The van der Waals surface area contributed by atoms with E-state index in [4.69, 9.17) is 0 Å². The van der Waals surface area contributed by atoms with Crippen molar-refractivity contribution in [2.24, 2.45) is 0 Å². The smallest absolute Gasteiger partial charge is 0.234 e. The highest BCUT2D eigenvalue weighted by Gasteiger charge is 2.17. The number of hydrogen-bond acceptors (Lipinski definition) is 3. The maximum atomic E-state index is 11.9. The molecule has 0 spiro atoms. The van der Waals surface area contributed by atoms with Gasteiger partial charge >= 0.3 is 0 Å². The molecule has 0 amide bonds. The van der Waals surface area contributed by atoms with E-state index in [1.807, 2.05) is 37.3 Å². The fourth-order valence-corrected chi connectivity index (χ4v) is 3.11. The zero-order valence-electron chi connectivity index (χ0n) is 10.00. The van der Waals surface area contributed by atoms with Gasteiger partial charge in [-0.2, -0.15) is 5.10 Å². The van der Waals surface area contributed by atoms with Crippen molar-refractivity contribution in [3.05, 3.63) is 48.2 Å². The molecule has 6 heteroatoms. The van der Waals surface area contributed by atoms with Crippen LogP contribution in [0.1, 0.15) is 18.4 Å². The summed E-state index contributed by atoms with van der Waals surface area (Å²) < 4.78 is 26.3. The van der Waals surface area contributed by atoms with Crippen LogP contribution in [0.5, 0.6) is 0 Å². The summed E-state index contributed by atoms with van der Waals surface area (Å²) in [5.41, 5.74) is 1.01. The van der Waals surface area contributed by atoms with Crippen LogP contribution in [0.3, 0.4) is 0 Å². The van der Waals surface area contributed by atoms with E-state index in [0.29, 0.717) is 5.82 Å². The molecule has 1 atom stereocenters. The summed E-state index contributed by atoms with van der Waals surface area (Å²) in [6.07, 6.45) is 1.50. The highest BCUT2D eigenvalue weighted by Crippen LogP contribution is 2.17. The summed E-state index contributed by atoms with van der Waals surface area (Å²) in [4.78, 5) is 0. The first kappa shape index (κ1) is 12.6. The van der Waals surface area contributed by atoms with Crippen molar-refractivity contribution in [2.45, 2.75) is 12.8 Å². The van der Waals surface area contributed by atoms with Gasteiger partial charge in [-0.25, -0.2) is 8.42 Å². The normalized spacial score (nSPS) is 13.2. The van der Waals surface area contributed by atoms with Crippen LogP contribution in [0.4, 0.5) is 5.82 Å². The maximum absolute atomic E-state index is 11.9. The fraction of sp³-hybridized carbons (Fsp3) is 0.250. The molecular weight excluding hydrogens is 250 g/mol. The first-order valence-electron chi connectivity index (χ1n) is 5.61. The zero-order chi connectivity index (χ0) is 13.0. The van der Waals surface area contributed by atoms with Gasteiger partial charge in [-0.05, 0) is 11.5 Å². The van der Waals surface area contributed by atoms with Crippen molar-refractivity contribution < 1.29 is 8.42 Å². The number of anilines is 1. The van der Waals surface area contributed by atoms with E-state index in [1.54, 1.807) is 6.07 Å². The third-order valence-corrected chi connectivity index (χ3v) is 4.07. The molecule has 0 fully saturated rings. The molecule has 2 rings (SSSR count). The van der Waals surface area contributed by atoms with Gasteiger partial charge in [0.1, 0.15) is 5.82 Å². The summed E-state index contributed by atoms with van der Waals surface area (Å²) in [5, 5.41) is 6.26. The van der Waals surface area contributed by atoms with Crippen molar-refractivity contribution in [1.29, 1.82) is 0 Å². The lowest BCUT2D eigenvalue weighted by Gasteiger charge is -2.12. The zero-order valence-corrected chi connectivity index (χ0v) is 10.8. The Bertz CT molecular complexity index is 579. The fourth-order valence-electron chi connectivity index (χ4n) is 1.73. The lowest BCUT2D eigenvalue weighted by Crippen LogP contribution is -2.20. The van der Waals surface area contributed by atoms with Crippen molar-refractivity contribution in [3.8, 4) is 0 Å². The van der Waals surface area contributed by atoms with Crippen molar-refractivity contribution in [1.82, 2.24) is 10.2 Å². The standard InChI is InChI=1S/C12H15N3O2S/c1-10(11-5-3-2-4-6-11)9-18(16,17)15-12-7-8-13-14-12/h2-8,10H,9H2,1H3,(H2,13,14,15). The molecule has 96 valence electrons. The van der Waals surface area contributed by atoms with Gasteiger partial charge in [0.15, 0.2) is 0 Å². The highest BCUT2D eigenvalue weighted by molar-refractivity contribution is 7.92. The van der Waals surface area contributed by atoms with Gasteiger partial charge in [-0.1, -0.05) is 37.3 Å². The highest BCUT2D eigenvalue weighted by atomic mass is 32.2. The summed E-state index contributed by atoms with van der Waals surface area (Å²) in [6.45, 7) is 1.89. The molecule has 0 aliphatic rings. The number of hydrogen-bond donors (Lipinski definition) is 2. The number of benzene rings is 1. The van der Waals surface area contributed by atoms with E-state index in [1.165, 1.54) is 6.20 Å². The monoisotopic (exact) mass is 265 g/mol. The van der Waals surface area contributed by atoms with Crippen LogP contribution < -0.4 is 4.72 Å². The van der Waals surface area contributed by atoms with Crippen LogP contribution in [0.25, 0.3) is 0 Å². The number of nitrogens with zero attached hydrogens (tertiary/aromatic N) is 1. The molecule has 1 unspecified atom stereocenters. The molecule has 18 heavy (non-hydrogen) atoms. The van der Waals surface area contributed by atoms with Crippen molar-refractivity contribution >= 4 is 15.8 Å². The molecular formula is C12H15N3O2S. The Morgan fingerprint density at radius 1 is 1.28 bits per heavy atom. The van der Waals surface area contributed by atoms with Crippen LogP contribution in [-0.2, 0) is 10.0 Å². The van der Waals surface area contributed by atoms with E-state index >= 15 is 0 Å². The Kier molecular flexibility index (Phi) is 3.66. The van der Waals surface area contributed by atoms with Gasteiger partial charge in [0.05, 0.1) is 11.9 Å². The molecule has 0 radical (unpaired) electrons. The number of aromatic amines is 1. The second kappa shape index (κ2) is 5.22. The lowest BCUT2D eigenvalue weighted by molar-refractivity contribution is 0.595. The predicted octanol–water partition coefficient (Wildman–Crippen LogP) is 1.96. The number of sulfonamides is 1. The van der Waals surface area contributed by atoms with E-state index in [2.05, 4.69) is 14.9 Å². The van der Waals surface area contributed by atoms with Gasteiger partial charge in [0.2, 0.25) is 10.0 Å². The van der Waals surface area contributed by atoms with E-state index in [-0.39, 0.29) is 11.7 Å². The largest absolute Gasteiger partial charge is 0.268 e. The van der Waals surface area contributed by atoms with Crippen LogP contribution >= 0.6 is 0 Å². The van der Waals surface area contributed by atoms with Crippen molar-refractivity contribution in [3.63, 3.8) is 0 Å². The number of aromatic nitrogens is 2. The second-order valence-corrected chi connectivity index (χ2v) is 5.93.